The third kappa shape index (κ3) is 6.24. The van der Waals surface area contributed by atoms with Crippen LogP contribution >= 0.6 is 0 Å². The van der Waals surface area contributed by atoms with Gasteiger partial charge in [0.05, 0.1) is 16.5 Å². The van der Waals surface area contributed by atoms with Crippen LogP contribution in [0.2, 0.25) is 0 Å². The first kappa shape index (κ1) is 40.5. The molecule has 2 aliphatic carbocycles. The number of benzene rings is 11. The van der Waals surface area contributed by atoms with Gasteiger partial charge in [-0.2, -0.15) is 0 Å². The molecule has 2 atom stereocenters. The Morgan fingerprint density at radius 3 is 1.33 bits per heavy atom. The monoisotopic (exact) mass is 877 g/mol. The molecule has 0 amide bonds. The maximum Gasteiger partial charge on any atom is 0.0720 e. The van der Waals surface area contributed by atoms with E-state index in [0.717, 1.165) is 28.2 Å². The predicted molar refractivity (Wildman–Crippen MR) is 287 cm³/mol. The maximum absolute atomic E-state index is 2.48. The molecule has 2 aliphatic rings. The Morgan fingerprint density at radius 2 is 0.681 bits per heavy atom. The van der Waals surface area contributed by atoms with Gasteiger partial charge in [-0.05, 0) is 120 Å². The van der Waals surface area contributed by atoms with Crippen molar-refractivity contribution in [1.29, 1.82) is 0 Å². The smallest absolute Gasteiger partial charge is 0.0720 e. The van der Waals surface area contributed by atoms with Crippen LogP contribution in [0.5, 0.6) is 0 Å². The minimum atomic E-state index is -0.693. The summed E-state index contributed by atoms with van der Waals surface area (Å²) in [7, 11) is 0. The molecule has 0 fully saturated rings. The van der Waals surface area contributed by atoms with Gasteiger partial charge in [-0.1, -0.05) is 249 Å². The van der Waals surface area contributed by atoms with E-state index in [4.69, 9.17) is 0 Å². The van der Waals surface area contributed by atoms with Crippen molar-refractivity contribution in [2.24, 2.45) is 0 Å². The first-order valence-corrected chi connectivity index (χ1v) is 24.0. The summed E-state index contributed by atoms with van der Waals surface area (Å²) >= 11 is 0. The van der Waals surface area contributed by atoms with Crippen LogP contribution in [0.1, 0.15) is 44.5 Å². The lowest BCUT2D eigenvalue weighted by molar-refractivity contribution is 0.627. The molecule has 0 saturated heterocycles. The SMILES string of the molecule is c1ccc(-c2ccc(N(c3cccc(C4(c5ccccc5)c5ccccc5C5(c6ccccc6)c6ccccc6-c6cccc4c65)c3)c3ccc(-c4ccccc4)cc3-c3ccccc3)cc2)cc1. The molecule has 1 heteroatoms. The summed E-state index contributed by atoms with van der Waals surface area (Å²) < 4.78 is 0. The van der Waals surface area contributed by atoms with Crippen molar-refractivity contribution in [2.75, 3.05) is 4.90 Å². The molecule has 0 aromatic heterocycles. The molecule has 0 aliphatic heterocycles. The molecule has 11 aromatic carbocycles. The third-order valence-electron chi connectivity index (χ3n) is 14.8. The average Bonchev–Trinajstić information content (AvgIpc) is 3.75. The van der Waals surface area contributed by atoms with Gasteiger partial charge in [0.15, 0.2) is 0 Å². The topological polar surface area (TPSA) is 3.24 Å². The fourth-order valence-corrected chi connectivity index (χ4v) is 12.0. The van der Waals surface area contributed by atoms with Gasteiger partial charge in [0.25, 0.3) is 0 Å². The van der Waals surface area contributed by atoms with Crippen molar-refractivity contribution in [1.82, 2.24) is 0 Å². The zero-order valence-corrected chi connectivity index (χ0v) is 38.1. The Labute approximate surface area is 404 Å². The second-order valence-electron chi connectivity index (χ2n) is 18.3. The van der Waals surface area contributed by atoms with E-state index in [0.29, 0.717) is 0 Å². The fraction of sp³-hybridized carbons (Fsp3) is 0.0294. The highest BCUT2D eigenvalue weighted by molar-refractivity contribution is 5.94. The van der Waals surface area contributed by atoms with Crippen LogP contribution in [-0.4, -0.2) is 0 Å². The molecule has 0 radical (unpaired) electrons. The summed E-state index contributed by atoms with van der Waals surface area (Å²) in [5, 5.41) is 0. The number of fused-ring (bicyclic) bond motifs is 5. The van der Waals surface area contributed by atoms with E-state index in [-0.39, 0.29) is 0 Å². The molecule has 0 bridgehead atoms. The molecule has 2 unspecified atom stereocenters. The van der Waals surface area contributed by atoms with Gasteiger partial charge in [-0.15, -0.1) is 0 Å². The zero-order valence-electron chi connectivity index (χ0n) is 38.1. The van der Waals surface area contributed by atoms with E-state index in [2.05, 4.69) is 290 Å². The molecular formula is C68H47N. The zero-order chi connectivity index (χ0) is 45.8. The number of nitrogens with zero attached hydrogens (tertiary/aromatic N) is 1. The van der Waals surface area contributed by atoms with Crippen molar-refractivity contribution < 1.29 is 0 Å². The molecule has 0 N–H and O–H groups in total. The van der Waals surface area contributed by atoms with Crippen LogP contribution < -0.4 is 4.90 Å². The Balaban J connectivity index is 1.10. The Bertz CT molecular complexity index is 3640. The van der Waals surface area contributed by atoms with Gasteiger partial charge >= 0.3 is 0 Å². The molecule has 0 saturated carbocycles. The lowest BCUT2D eigenvalue weighted by Gasteiger charge is -2.49. The van der Waals surface area contributed by atoms with Gasteiger partial charge in [0.1, 0.15) is 0 Å². The van der Waals surface area contributed by atoms with Gasteiger partial charge in [-0.25, -0.2) is 0 Å². The van der Waals surface area contributed by atoms with E-state index in [9.17, 15) is 0 Å². The van der Waals surface area contributed by atoms with Crippen molar-refractivity contribution >= 4 is 17.1 Å². The van der Waals surface area contributed by atoms with Crippen molar-refractivity contribution in [3.8, 4) is 44.5 Å². The van der Waals surface area contributed by atoms with Crippen molar-refractivity contribution in [3.63, 3.8) is 0 Å². The number of anilines is 3. The molecule has 11 aromatic rings. The van der Waals surface area contributed by atoms with Crippen molar-refractivity contribution in [3.05, 3.63) is 330 Å². The third-order valence-corrected chi connectivity index (χ3v) is 14.8. The van der Waals surface area contributed by atoms with Crippen LogP contribution in [0.15, 0.2) is 285 Å². The standard InChI is InChI=1S/C68H47N/c1-6-22-48(23-7-1)50-40-43-56(44-41-50)69(65-45-42-52(49-24-8-2-9-25-49)46-60(65)51-26-10-3-11-27-51)57-33-20-32-55(47-57)67(53-28-12-4-13-29-53)62-37-18-19-38-63(62)68(54-30-14-5-15-31-54)61-36-17-16-34-58(61)59-35-21-39-64(67)66(59)68/h1-47H. The highest BCUT2D eigenvalue weighted by atomic mass is 15.1. The van der Waals surface area contributed by atoms with E-state index >= 15 is 0 Å². The summed E-state index contributed by atoms with van der Waals surface area (Å²) in [5.74, 6) is 0. The minimum Gasteiger partial charge on any atom is -0.310 e. The number of hydrogen-bond acceptors (Lipinski definition) is 1. The van der Waals surface area contributed by atoms with Crippen LogP contribution in [0.25, 0.3) is 44.5 Å². The highest BCUT2D eigenvalue weighted by Gasteiger charge is 2.57. The lowest BCUT2D eigenvalue weighted by atomic mass is 9.51. The minimum absolute atomic E-state index is 0.520. The summed E-state index contributed by atoms with van der Waals surface area (Å²) in [6, 6.07) is 106. The van der Waals surface area contributed by atoms with Gasteiger partial charge in [-0.3, -0.25) is 0 Å². The summed E-state index contributed by atoms with van der Waals surface area (Å²) in [5.41, 5.74) is 22.0. The van der Waals surface area contributed by atoms with E-state index in [1.165, 1.54) is 77.9 Å². The van der Waals surface area contributed by atoms with Gasteiger partial charge < -0.3 is 4.90 Å². The molecular weight excluding hydrogens is 831 g/mol. The lowest BCUT2D eigenvalue weighted by Crippen LogP contribution is -2.44. The number of rotatable bonds is 9. The van der Waals surface area contributed by atoms with Crippen LogP contribution in [0.3, 0.4) is 0 Å². The van der Waals surface area contributed by atoms with Crippen LogP contribution in [0.4, 0.5) is 17.1 Å². The van der Waals surface area contributed by atoms with Gasteiger partial charge in [0.2, 0.25) is 0 Å². The second kappa shape index (κ2) is 16.5. The average molecular weight is 878 g/mol. The van der Waals surface area contributed by atoms with E-state index < -0.39 is 10.8 Å². The highest BCUT2D eigenvalue weighted by Crippen LogP contribution is 2.66. The molecule has 324 valence electrons. The van der Waals surface area contributed by atoms with Crippen LogP contribution in [-0.2, 0) is 10.8 Å². The summed E-state index contributed by atoms with van der Waals surface area (Å²) in [4.78, 5) is 2.47. The van der Waals surface area contributed by atoms with Crippen LogP contribution in [0, 0.1) is 0 Å². The normalized spacial score (nSPS) is 16.2. The molecule has 13 rings (SSSR count). The first-order valence-electron chi connectivity index (χ1n) is 24.0. The Kier molecular flexibility index (Phi) is 9.70. The Hall–Kier alpha value is -8.78. The maximum atomic E-state index is 2.48. The first-order chi connectivity index (χ1) is 34.2. The fourth-order valence-electron chi connectivity index (χ4n) is 12.0. The largest absolute Gasteiger partial charge is 0.310 e. The van der Waals surface area contributed by atoms with E-state index in [1.807, 2.05) is 0 Å². The molecule has 69 heavy (non-hydrogen) atoms. The quantitative estimate of drug-likeness (QED) is 0.140. The van der Waals surface area contributed by atoms with Crippen molar-refractivity contribution in [2.45, 2.75) is 10.8 Å². The van der Waals surface area contributed by atoms with E-state index in [1.54, 1.807) is 0 Å². The number of hydrogen-bond donors (Lipinski definition) is 0. The second-order valence-corrected chi connectivity index (χ2v) is 18.3. The van der Waals surface area contributed by atoms with Gasteiger partial charge in [0, 0.05) is 16.9 Å². The predicted octanol–water partition coefficient (Wildman–Crippen LogP) is 17.2. The Morgan fingerprint density at radius 1 is 0.232 bits per heavy atom. The molecule has 0 spiro atoms. The molecule has 1 nitrogen and oxygen atoms in total. The molecule has 0 heterocycles. The summed E-state index contributed by atoms with van der Waals surface area (Å²) in [6.07, 6.45) is 0. The summed E-state index contributed by atoms with van der Waals surface area (Å²) in [6.45, 7) is 0.